The molecule has 0 bridgehead atoms. The van der Waals surface area contributed by atoms with Gasteiger partial charge in [0.05, 0.1) is 6.54 Å². The lowest BCUT2D eigenvalue weighted by Gasteiger charge is -2.21. The summed E-state index contributed by atoms with van der Waals surface area (Å²) >= 11 is 0. The highest BCUT2D eigenvalue weighted by molar-refractivity contribution is 5.94. The van der Waals surface area contributed by atoms with Gasteiger partial charge in [-0.25, -0.2) is 0 Å². The second kappa shape index (κ2) is 6.58. The molecule has 1 aliphatic rings. The van der Waals surface area contributed by atoms with Gasteiger partial charge in [0.2, 0.25) is 0 Å². The van der Waals surface area contributed by atoms with E-state index in [0.717, 1.165) is 6.42 Å². The Morgan fingerprint density at radius 2 is 1.95 bits per heavy atom. The van der Waals surface area contributed by atoms with Crippen molar-refractivity contribution in [3.05, 3.63) is 29.3 Å². The Bertz CT molecular complexity index is 544. The lowest BCUT2D eigenvalue weighted by Crippen LogP contribution is -2.36. The number of rotatable bonds is 3. The number of carboxylic acid groups (broad SMARTS) is 1. The number of carbonyl (C=O) groups excluding carboxylic acids is 1. The Hall–Kier alpha value is -2.08. The van der Waals surface area contributed by atoms with Gasteiger partial charge in [-0.1, -0.05) is 0 Å². The number of nitrogens with zero attached hydrogens (tertiary/aromatic N) is 2. The van der Waals surface area contributed by atoms with Crippen LogP contribution in [0.5, 0.6) is 5.75 Å². The van der Waals surface area contributed by atoms with E-state index in [4.69, 9.17) is 5.11 Å². The predicted molar refractivity (Wildman–Crippen MR) is 77.4 cm³/mol. The minimum Gasteiger partial charge on any atom is -0.508 e. The van der Waals surface area contributed by atoms with Crippen LogP contribution >= 0.6 is 0 Å². The number of benzene rings is 1. The summed E-state index contributed by atoms with van der Waals surface area (Å²) < 4.78 is 0. The molecule has 0 aliphatic carbocycles. The highest BCUT2D eigenvalue weighted by Gasteiger charge is 2.21. The fourth-order valence-corrected chi connectivity index (χ4v) is 2.49. The zero-order chi connectivity index (χ0) is 15.4. The number of carboxylic acids is 1. The molecule has 1 aromatic rings. The van der Waals surface area contributed by atoms with Gasteiger partial charge in [0.1, 0.15) is 5.75 Å². The Morgan fingerprint density at radius 3 is 2.62 bits per heavy atom. The van der Waals surface area contributed by atoms with Crippen LogP contribution in [0.25, 0.3) is 0 Å². The first kappa shape index (κ1) is 15.3. The number of aromatic hydroxyl groups is 1. The van der Waals surface area contributed by atoms with E-state index in [2.05, 4.69) is 0 Å². The Labute approximate surface area is 123 Å². The van der Waals surface area contributed by atoms with Crippen molar-refractivity contribution in [1.29, 1.82) is 0 Å². The number of amides is 1. The summed E-state index contributed by atoms with van der Waals surface area (Å²) in [5.74, 6) is -0.741. The number of hydrogen-bond acceptors (Lipinski definition) is 4. The lowest BCUT2D eigenvalue weighted by molar-refractivity contribution is -0.138. The van der Waals surface area contributed by atoms with Crippen molar-refractivity contribution in [3.63, 3.8) is 0 Å². The van der Waals surface area contributed by atoms with E-state index >= 15 is 0 Å². The van der Waals surface area contributed by atoms with Crippen LogP contribution in [0.1, 0.15) is 22.3 Å². The first-order valence-electron chi connectivity index (χ1n) is 7.00. The van der Waals surface area contributed by atoms with E-state index in [0.29, 0.717) is 37.3 Å². The molecule has 6 nitrogen and oxygen atoms in total. The second-order valence-electron chi connectivity index (χ2n) is 5.32. The monoisotopic (exact) mass is 292 g/mol. The van der Waals surface area contributed by atoms with Crippen LogP contribution in [0, 0.1) is 6.92 Å². The number of hydrogen-bond donors (Lipinski definition) is 2. The minimum absolute atomic E-state index is 0.0142. The fraction of sp³-hybridized carbons (Fsp3) is 0.467. The number of aliphatic carboxylic acids is 1. The summed E-state index contributed by atoms with van der Waals surface area (Å²) in [6.07, 6.45) is 0.760. The number of phenols is 1. The van der Waals surface area contributed by atoms with Crippen molar-refractivity contribution in [3.8, 4) is 5.75 Å². The first-order valence-corrected chi connectivity index (χ1v) is 7.00. The van der Waals surface area contributed by atoms with Crippen LogP contribution in [0.2, 0.25) is 0 Å². The highest BCUT2D eigenvalue weighted by Crippen LogP contribution is 2.18. The maximum Gasteiger partial charge on any atom is 0.317 e. The third kappa shape index (κ3) is 3.95. The maximum atomic E-state index is 12.5. The molecule has 1 aliphatic heterocycles. The van der Waals surface area contributed by atoms with Crippen LogP contribution in [0.15, 0.2) is 18.2 Å². The Morgan fingerprint density at radius 1 is 1.19 bits per heavy atom. The first-order chi connectivity index (χ1) is 9.97. The zero-order valence-corrected chi connectivity index (χ0v) is 12.1. The molecule has 0 atom stereocenters. The molecular weight excluding hydrogens is 272 g/mol. The molecule has 2 N–H and O–H groups in total. The molecule has 1 aromatic carbocycles. The molecule has 1 saturated heterocycles. The smallest absolute Gasteiger partial charge is 0.317 e. The molecule has 114 valence electrons. The van der Waals surface area contributed by atoms with Crippen LogP contribution in [0.3, 0.4) is 0 Å². The molecule has 1 heterocycles. The van der Waals surface area contributed by atoms with Crippen molar-refractivity contribution in [1.82, 2.24) is 9.80 Å². The predicted octanol–water partition coefficient (Wildman–Crippen LogP) is 0.933. The number of carbonyl (C=O) groups is 2. The van der Waals surface area contributed by atoms with E-state index < -0.39 is 5.97 Å². The SMILES string of the molecule is Cc1cc(C(=O)N2CCCN(CC(=O)O)CC2)ccc1O. The molecule has 0 aromatic heterocycles. The van der Waals surface area contributed by atoms with Crippen LogP contribution < -0.4 is 0 Å². The molecule has 0 unspecified atom stereocenters. The van der Waals surface area contributed by atoms with E-state index in [1.165, 1.54) is 6.07 Å². The molecule has 6 heteroatoms. The molecule has 0 spiro atoms. The van der Waals surface area contributed by atoms with Crippen molar-refractivity contribution < 1.29 is 19.8 Å². The summed E-state index contributed by atoms with van der Waals surface area (Å²) in [7, 11) is 0. The normalized spacial score (nSPS) is 16.5. The van der Waals surface area contributed by atoms with Gasteiger partial charge >= 0.3 is 5.97 Å². The minimum atomic E-state index is -0.844. The molecule has 0 radical (unpaired) electrons. The topological polar surface area (TPSA) is 81.1 Å². The Kier molecular flexibility index (Phi) is 4.80. The summed E-state index contributed by atoms with van der Waals surface area (Å²) in [5, 5.41) is 18.3. The summed E-state index contributed by atoms with van der Waals surface area (Å²) in [6.45, 7) is 4.16. The summed E-state index contributed by atoms with van der Waals surface area (Å²) in [5.41, 5.74) is 1.22. The summed E-state index contributed by atoms with van der Waals surface area (Å²) in [4.78, 5) is 26.8. The van der Waals surface area contributed by atoms with E-state index in [-0.39, 0.29) is 18.2 Å². The number of phenolic OH excluding ortho intramolecular Hbond substituents is 1. The molecule has 1 amide bonds. The molecule has 0 saturated carbocycles. The molecule has 21 heavy (non-hydrogen) atoms. The van der Waals surface area contributed by atoms with Gasteiger partial charge in [0, 0.05) is 31.7 Å². The standard InChI is InChI=1S/C15H20N2O4/c1-11-9-12(3-4-13(11)18)15(21)17-6-2-5-16(7-8-17)10-14(19)20/h3-4,9,18H,2,5-8,10H2,1H3,(H,19,20). The molecule has 2 rings (SSSR count). The van der Waals surface area contributed by atoms with Gasteiger partial charge in [-0.2, -0.15) is 0 Å². The zero-order valence-electron chi connectivity index (χ0n) is 12.1. The van der Waals surface area contributed by atoms with Gasteiger partial charge in [-0.15, -0.1) is 0 Å². The largest absolute Gasteiger partial charge is 0.508 e. The average molecular weight is 292 g/mol. The number of aryl methyl sites for hydroxylation is 1. The third-order valence-electron chi connectivity index (χ3n) is 3.68. The van der Waals surface area contributed by atoms with Crippen LogP contribution in [-0.2, 0) is 4.79 Å². The second-order valence-corrected chi connectivity index (χ2v) is 5.32. The van der Waals surface area contributed by atoms with Gasteiger partial charge in [-0.05, 0) is 37.1 Å². The van der Waals surface area contributed by atoms with E-state index in [1.807, 2.05) is 4.90 Å². The van der Waals surface area contributed by atoms with Crippen molar-refractivity contribution >= 4 is 11.9 Å². The fourth-order valence-electron chi connectivity index (χ4n) is 2.49. The van der Waals surface area contributed by atoms with Gasteiger partial charge in [0.25, 0.3) is 5.91 Å². The summed E-state index contributed by atoms with van der Waals surface area (Å²) in [6, 6.07) is 4.82. The molecular formula is C15H20N2O4. The van der Waals surface area contributed by atoms with Gasteiger partial charge in [-0.3, -0.25) is 14.5 Å². The van der Waals surface area contributed by atoms with Gasteiger partial charge in [0.15, 0.2) is 0 Å². The maximum absolute atomic E-state index is 12.5. The van der Waals surface area contributed by atoms with Crippen molar-refractivity contribution in [2.75, 3.05) is 32.7 Å². The quantitative estimate of drug-likeness (QED) is 0.866. The van der Waals surface area contributed by atoms with Crippen LogP contribution in [0.4, 0.5) is 0 Å². The highest BCUT2D eigenvalue weighted by atomic mass is 16.4. The van der Waals surface area contributed by atoms with Gasteiger partial charge < -0.3 is 15.1 Å². The third-order valence-corrected chi connectivity index (χ3v) is 3.68. The van der Waals surface area contributed by atoms with Crippen LogP contribution in [-0.4, -0.2) is 64.6 Å². The Balaban J connectivity index is 2.02. The molecule has 1 fully saturated rings. The lowest BCUT2D eigenvalue weighted by atomic mass is 10.1. The van der Waals surface area contributed by atoms with E-state index in [1.54, 1.807) is 24.0 Å². The van der Waals surface area contributed by atoms with Crippen molar-refractivity contribution in [2.45, 2.75) is 13.3 Å². The van der Waals surface area contributed by atoms with E-state index in [9.17, 15) is 14.7 Å². The average Bonchev–Trinajstić information content (AvgIpc) is 2.66. The van der Waals surface area contributed by atoms with Crippen molar-refractivity contribution in [2.24, 2.45) is 0 Å².